The van der Waals surface area contributed by atoms with Gasteiger partial charge in [0.05, 0.1) is 6.61 Å². The average Bonchev–Trinajstić information content (AvgIpc) is 2.87. The zero-order valence-electron chi connectivity index (χ0n) is 12.5. The fraction of sp³-hybridized carbons (Fsp3) is 0.353. The van der Waals surface area contributed by atoms with Gasteiger partial charge in [-0.25, -0.2) is 4.79 Å². The van der Waals surface area contributed by atoms with E-state index in [4.69, 9.17) is 9.47 Å². The third kappa shape index (κ3) is 3.42. The smallest absolute Gasteiger partial charge is 0.434 e. The van der Waals surface area contributed by atoms with Crippen LogP contribution in [0.4, 0.5) is 9.80 Å². The van der Waals surface area contributed by atoms with Crippen molar-refractivity contribution >= 4 is 22.5 Å². The summed E-state index contributed by atoms with van der Waals surface area (Å²) in [5.41, 5.74) is 1.11. The van der Waals surface area contributed by atoms with E-state index in [1.165, 1.54) is 6.42 Å². The predicted molar refractivity (Wildman–Crippen MR) is 88.7 cm³/mol. The summed E-state index contributed by atoms with van der Waals surface area (Å²) >= 11 is 1.61. The van der Waals surface area contributed by atoms with E-state index in [1.54, 1.807) is 18.3 Å². The molecule has 2 aromatic rings. The number of carbonyl (C=O) groups is 1. The van der Waals surface area contributed by atoms with E-state index >= 15 is 0 Å². The molecule has 1 aliphatic carbocycles. The van der Waals surface area contributed by atoms with E-state index in [0.717, 1.165) is 28.3 Å². The van der Waals surface area contributed by atoms with Gasteiger partial charge in [0, 0.05) is 17.0 Å². The largest absolute Gasteiger partial charge is 0.513 e. The molecule has 4 nitrogen and oxygen atoms in total. The fourth-order valence-corrected chi connectivity index (χ4v) is 3.34. The van der Waals surface area contributed by atoms with E-state index in [2.05, 4.69) is 5.32 Å². The predicted octanol–water partition coefficient (Wildman–Crippen LogP) is 4.91. The van der Waals surface area contributed by atoms with Gasteiger partial charge in [-0.3, -0.25) is 0 Å². The molecule has 0 spiro atoms. The number of rotatable bonds is 5. The second kappa shape index (κ2) is 6.83. The molecule has 0 saturated heterocycles. The van der Waals surface area contributed by atoms with E-state index in [1.807, 2.05) is 36.4 Å². The zero-order valence-corrected chi connectivity index (χ0v) is 13.3. The van der Waals surface area contributed by atoms with Crippen LogP contribution in [0.2, 0.25) is 0 Å². The Labute approximate surface area is 134 Å². The Balaban J connectivity index is 1.84. The van der Waals surface area contributed by atoms with Crippen LogP contribution in [0.15, 0.2) is 36.4 Å². The molecule has 116 valence electrons. The Bertz CT molecular complexity index is 635. The van der Waals surface area contributed by atoms with Gasteiger partial charge < -0.3 is 14.8 Å². The zero-order chi connectivity index (χ0) is 15.4. The van der Waals surface area contributed by atoms with Crippen LogP contribution in [0.25, 0.3) is 10.4 Å². The molecular weight excluding hydrogens is 298 g/mol. The second-order valence-electron chi connectivity index (χ2n) is 5.23. The minimum atomic E-state index is -0.656. The van der Waals surface area contributed by atoms with Crippen LogP contribution in [-0.2, 0) is 4.74 Å². The summed E-state index contributed by atoms with van der Waals surface area (Å²) in [5.74, 6) is 0.550. The first-order valence-electron chi connectivity index (χ1n) is 7.56. The highest BCUT2D eigenvalue weighted by molar-refractivity contribution is 7.19. The maximum absolute atomic E-state index is 11.6. The van der Waals surface area contributed by atoms with Crippen LogP contribution in [0.5, 0.6) is 5.75 Å². The molecule has 0 bridgehead atoms. The number of anilines is 1. The highest BCUT2D eigenvalue weighted by Gasteiger charge is 2.22. The molecular formula is C17H19NO3S. The molecule has 1 N–H and O–H groups in total. The Hall–Kier alpha value is -2.01. The summed E-state index contributed by atoms with van der Waals surface area (Å²) in [6.07, 6.45) is 2.92. The first-order chi connectivity index (χ1) is 10.8. The van der Waals surface area contributed by atoms with Crippen molar-refractivity contribution in [1.82, 2.24) is 0 Å². The fourth-order valence-electron chi connectivity index (χ4n) is 2.27. The SMILES string of the molecule is CCOC(=O)Oc1cc(-c2ccccc2)sc1NC1CCC1. The van der Waals surface area contributed by atoms with Crippen molar-refractivity contribution < 1.29 is 14.3 Å². The lowest BCUT2D eigenvalue weighted by Crippen LogP contribution is -2.26. The monoisotopic (exact) mass is 317 g/mol. The van der Waals surface area contributed by atoms with Crippen molar-refractivity contribution in [3.63, 3.8) is 0 Å². The van der Waals surface area contributed by atoms with Crippen molar-refractivity contribution in [3.8, 4) is 16.2 Å². The van der Waals surface area contributed by atoms with Crippen LogP contribution >= 0.6 is 11.3 Å². The summed E-state index contributed by atoms with van der Waals surface area (Å²) in [7, 11) is 0. The normalized spacial score (nSPS) is 14.2. The number of benzene rings is 1. The number of hydrogen-bond acceptors (Lipinski definition) is 5. The first kappa shape index (κ1) is 14.9. The van der Waals surface area contributed by atoms with Crippen molar-refractivity contribution in [2.24, 2.45) is 0 Å². The Morgan fingerprint density at radius 2 is 2.09 bits per heavy atom. The molecule has 1 aromatic heterocycles. The maximum atomic E-state index is 11.6. The minimum absolute atomic E-state index is 0.305. The molecule has 1 aromatic carbocycles. The lowest BCUT2D eigenvalue weighted by Gasteiger charge is -2.26. The molecule has 22 heavy (non-hydrogen) atoms. The van der Waals surface area contributed by atoms with Gasteiger partial charge in [0.25, 0.3) is 0 Å². The van der Waals surface area contributed by atoms with Crippen LogP contribution in [0.3, 0.4) is 0 Å². The first-order valence-corrected chi connectivity index (χ1v) is 8.38. The number of nitrogens with one attached hydrogen (secondary N) is 1. The lowest BCUT2D eigenvalue weighted by molar-refractivity contribution is 0.104. The third-order valence-electron chi connectivity index (χ3n) is 3.65. The van der Waals surface area contributed by atoms with Crippen molar-refractivity contribution in [2.75, 3.05) is 11.9 Å². The molecule has 0 unspecified atom stereocenters. The van der Waals surface area contributed by atoms with Crippen molar-refractivity contribution in [3.05, 3.63) is 36.4 Å². The van der Waals surface area contributed by atoms with Crippen LogP contribution in [-0.4, -0.2) is 18.8 Å². The topological polar surface area (TPSA) is 47.6 Å². The van der Waals surface area contributed by atoms with Crippen molar-refractivity contribution in [1.29, 1.82) is 0 Å². The summed E-state index contributed by atoms with van der Waals surface area (Å²) in [5, 5.41) is 4.37. The summed E-state index contributed by atoms with van der Waals surface area (Å²) in [4.78, 5) is 12.7. The van der Waals surface area contributed by atoms with Crippen molar-refractivity contribution in [2.45, 2.75) is 32.2 Å². The quantitative estimate of drug-likeness (QED) is 0.796. The van der Waals surface area contributed by atoms with Gasteiger partial charge in [-0.15, -0.1) is 11.3 Å². The molecule has 0 atom stereocenters. The highest BCUT2D eigenvalue weighted by atomic mass is 32.1. The molecule has 0 amide bonds. The molecule has 1 aliphatic rings. The van der Waals surface area contributed by atoms with E-state index < -0.39 is 6.16 Å². The molecule has 5 heteroatoms. The molecule has 3 rings (SSSR count). The third-order valence-corrected chi connectivity index (χ3v) is 4.75. The van der Waals surface area contributed by atoms with Gasteiger partial charge in [0.1, 0.15) is 5.00 Å². The molecule has 0 radical (unpaired) electrons. The molecule has 1 saturated carbocycles. The molecule has 1 heterocycles. The van der Waals surface area contributed by atoms with Crippen LogP contribution < -0.4 is 10.1 Å². The number of carbonyl (C=O) groups excluding carboxylic acids is 1. The van der Waals surface area contributed by atoms with Gasteiger partial charge in [-0.1, -0.05) is 30.3 Å². The Kier molecular flexibility index (Phi) is 4.63. The highest BCUT2D eigenvalue weighted by Crippen LogP contribution is 2.42. The van der Waals surface area contributed by atoms with E-state index in [9.17, 15) is 4.79 Å². The maximum Gasteiger partial charge on any atom is 0.513 e. The van der Waals surface area contributed by atoms with Crippen LogP contribution in [0.1, 0.15) is 26.2 Å². The Morgan fingerprint density at radius 1 is 1.32 bits per heavy atom. The number of thiophene rings is 1. The standard InChI is InChI=1S/C17H19NO3S/c1-2-20-17(19)21-14-11-15(12-7-4-3-5-8-12)22-16(14)18-13-9-6-10-13/h3-5,7-8,11,13,18H,2,6,9-10H2,1H3. The van der Waals surface area contributed by atoms with Gasteiger partial charge in [0.2, 0.25) is 0 Å². The minimum Gasteiger partial charge on any atom is -0.434 e. The van der Waals surface area contributed by atoms with Crippen LogP contribution in [0, 0.1) is 0 Å². The van der Waals surface area contributed by atoms with Gasteiger partial charge in [-0.2, -0.15) is 0 Å². The molecule has 0 aliphatic heterocycles. The summed E-state index contributed by atoms with van der Waals surface area (Å²) in [6, 6.07) is 12.5. The Morgan fingerprint density at radius 3 is 2.73 bits per heavy atom. The van der Waals surface area contributed by atoms with Gasteiger partial charge in [0.15, 0.2) is 5.75 Å². The average molecular weight is 317 g/mol. The van der Waals surface area contributed by atoms with Gasteiger partial charge in [-0.05, 0) is 31.7 Å². The summed E-state index contributed by atoms with van der Waals surface area (Å²) < 4.78 is 10.2. The number of hydrogen-bond donors (Lipinski definition) is 1. The number of ether oxygens (including phenoxy) is 2. The lowest BCUT2D eigenvalue weighted by atomic mass is 9.93. The van der Waals surface area contributed by atoms with E-state index in [0.29, 0.717) is 18.4 Å². The van der Waals surface area contributed by atoms with Gasteiger partial charge >= 0.3 is 6.16 Å². The second-order valence-corrected chi connectivity index (χ2v) is 6.28. The van der Waals surface area contributed by atoms with E-state index in [-0.39, 0.29) is 0 Å². The molecule has 1 fully saturated rings. The summed E-state index contributed by atoms with van der Waals surface area (Å²) in [6.45, 7) is 2.07.